The predicted octanol–water partition coefficient (Wildman–Crippen LogP) is 2.83. The molecule has 1 amide bonds. The van der Waals surface area contributed by atoms with Crippen LogP contribution in [-0.2, 0) is 10.2 Å². The van der Waals surface area contributed by atoms with Gasteiger partial charge in [0.1, 0.15) is 11.5 Å². The van der Waals surface area contributed by atoms with E-state index in [-0.39, 0.29) is 17.1 Å². The van der Waals surface area contributed by atoms with Crippen molar-refractivity contribution in [2.75, 3.05) is 51.3 Å². The van der Waals surface area contributed by atoms with Crippen LogP contribution in [0.1, 0.15) is 18.4 Å². The number of benzene rings is 2. The Bertz CT molecular complexity index is 1280. The van der Waals surface area contributed by atoms with E-state index in [1.807, 2.05) is 41.3 Å². The van der Waals surface area contributed by atoms with Gasteiger partial charge in [-0.1, -0.05) is 30.3 Å². The lowest BCUT2D eigenvalue weighted by Gasteiger charge is -2.58. The van der Waals surface area contributed by atoms with Gasteiger partial charge < -0.3 is 25.0 Å². The number of methoxy groups -OCH3 is 1. The number of nitrogens with zero attached hydrogens (tertiary/aromatic N) is 4. The van der Waals surface area contributed by atoms with Crippen LogP contribution in [0.4, 0.5) is 5.69 Å². The van der Waals surface area contributed by atoms with Gasteiger partial charge in [0.2, 0.25) is 5.91 Å². The summed E-state index contributed by atoms with van der Waals surface area (Å²) in [5.41, 5.74) is 2.85. The fraction of sp³-hybridized carbons (Fsp3) is 0.393. The molecule has 1 aromatic heterocycles. The Kier molecular flexibility index (Phi) is 5.56. The van der Waals surface area contributed by atoms with Crippen molar-refractivity contribution in [2.24, 2.45) is 5.41 Å². The van der Waals surface area contributed by atoms with Crippen molar-refractivity contribution in [3.8, 4) is 22.8 Å². The number of amides is 1. The Morgan fingerprint density at radius 1 is 1.06 bits per heavy atom. The van der Waals surface area contributed by atoms with E-state index in [2.05, 4.69) is 26.5 Å². The van der Waals surface area contributed by atoms with Gasteiger partial charge in [0.05, 0.1) is 30.1 Å². The van der Waals surface area contributed by atoms with Gasteiger partial charge in [-0.05, 0) is 37.1 Å². The van der Waals surface area contributed by atoms with Crippen molar-refractivity contribution >= 4 is 11.6 Å². The van der Waals surface area contributed by atoms with Crippen LogP contribution in [0.5, 0.6) is 11.5 Å². The number of likely N-dealkylation sites (tertiary alicyclic amines) is 1. The Morgan fingerprint density at radius 2 is 1.78 bits per heavy atom. The molecule has 186 valence electrons. The van der Waals surface area contributed by atoms with Crippen molar-refractivity contribution in [3.63, 3.8) is 0 Å². The summed E-state index contributed by atoms with van der Waals surface area (Å²) in [5.74, 6) is 1.16. The highest BCUT2D eigenvalue weighted by molar-refractivity contribution is 5.90. The van der Waals surface area contributed by atoms with Crippen molar-refractivity contribution in [2.45, 2.75) is 18.3 Å². The number of anilines is 1. The number of hydrogen-bond donors (Lipinski definition) is 2. The number of aromatic nitrogens is 2. The molecule has 0 unspecified atom stereocenters. The molecule has 0 bridgehead atoms. The highest BCUT2D eigenvalue weighted by Crippen LogP contribution is 2.45. The van der Waals surface area contributed by atoms with Crippen molar-refractivity contribution in [3.05, 3.63) is 66.4 Å². The zero-order chi connectivity index (χ0) is 24.8. The van der Waals surface area contributed by atoms with Gasteiger partial charge in [-0.2, -0.15) is 10.2 Å². The summed E-state index contributed by atoms with van der Waals surface area (Å²) >= 11 is 0. The lowest BCUT2D eigenvalue weighted by Crippen LogP contribution is -2.73. The van der Waals surface area contributed by atoms with Gasteiger partial charge in [0.25, 0.3) is 0 Å². The smallest absolute Gasteiger partial charge is 0.233 e. The summed E-state index contributed by atoms with van der Waals surface area (Å²) in [6, 6.07) is 17.1. The van der Waals surface area contributed by atoms with Crippen molar-refractivity contribution < 1.29 is 14.6 Å². The molecule has 1 spiro atoms. The topological polar surface area (TPSA) is 90.8 Å². The van der Waals surface area contributed by atoms with Crippen molar-refractivity contribution in [1.29, 1.82) is 0 Å². The summed E-state index contributed by atoms with van der Waals surface area (Å²) in [6.07, 6.45) is 3.12. The molecule has 36 heavy (non-hydrogen) atoms. The zero-order valence-corrected chi connectivity index (χ0v) is 20.5. The van der Waals surface area contributed by atoms with Gasteiger partial charge in [0.15, 0.2) is 0 Å². The maximum atomic E-state index is 14.1. The highest BCUT2D eigenvalue weighted by Gasteiger charge is 2.55. The summed E-state index contributed by atoms with van der Waals surface area (Å²) < 4.78 is 5.73. The molecule has 4 heterocycles. The average molecular weight is 486 g/mol. The number of rotatable bonds is 5. The van der Waals surface area contributed by atoms with Gasteiger partial charge in [-0.15, -0.1) is 0 Å². The number of para-hydroxylation sites is 2. The van der Waals surface area contributed by atoms with E-state index in [1.54, 1.807) is 25.4 Å². The number of hydrogen-bond acceptors (Lipinski definition) is 7. The van der Waals surface area contributed by atoms with E-state index < -0.39 is 5.41 Å². The van der Waals surface area contributed by atoms with Crippen LogP contribution in [0, 0.1) is 5.41 Å². The Balaban J connectivity index is 1.27. The second kappa shape index (κ2) is 8.78. The number of nitrogens with one attached hydrogen (secondary N) is 1. The predicted molar refractivity (Wildman–Crippen MR) is 137 cm³/mol. The molecule has 0 radical (unpaired) electrons. The van der Waals surface area contributed by atoms with Crippen LogP contribution in [0.3, 0.4) is 0 Å². The van der Waals surface area contributed by atoms with Gasteiger partial charge in [0, 0.05) is 55.8 Å². The normalized spacial score (nSPS) is 19.9. The third kappa shape index (κ3) is 3.67. The SMILES string of the molecule is COc1ccccc1C1(C(=O)N2CC3(CNC3)C2)CCN(c2cnnc(-c3ccccc3O)c2)CC1. The lowest BCUT2D eigenvalue weighted by atomic mass is 9.68. The third-order valence-electron chi connectivity index (χ3n) is 8.17. The number of carbonyl (C=O) groups is 1. The lowest BCUT2D eigenvalue weighted by molar-refractivity contribution is -0.154. The summed E-state index contributed by atoms with van der Waals surface area (Å²) in [7, 11) is 1.67. The second-order valence-electron chi connectivity index (χ2n) is 10.4. The molecule has 3 aliphatic rings. The van der Waals surface area contributed by atoms with E-state index >= 15 is 0 Å². The molecular formula is C28H31N5O3. The maximum Gasteiger partial charge on any atom is 0.233 e. The Hall–Kier alpha value is -3.65. The van der Waals surface area contributed by atoms with E-state index in [9.17, 15) is 9.90 Å². The number of ether oxygens (including phenoxy) is 1. The standard InChI is InChI=1S/C28H31N5O3/c1-36-25-9-5-3-7-22(25)28(26(35)33-18-27(19-33)16-29-17-27)10-12-32(13-11-28)20-14-23(31-30-15-20)21-6-2-4-8-24(21)34/h2-9,14-15,29,34H,10-13,16-19H2,1H3. The molecule has 3 fully saturated rings. The molecule has 8 heteroatoms. The van der Waals surface area contributed by atoms with E-state index in [0.29, 0.717) is 37.2 Å². The largest absolute Gasteiger partial charge is 0.507 e. The molecule has 3 aliphatic heterocycles. The van der Waals surface area contributed by atoms with Crippen LogP contribution < -0.4 is 15.0 Å². The first-order valence-corrected chi connectivity index (χ1v) is 12.5. The molecule has 2 N–H and O–H groups in total. The first kappa shape index (κ1) is 22.8. The first-order chi connectivity index (χ1) is 17.5. The molecule has 0 aliphatic carbocycles. The van der Waals surface area contributed by atoms with Crippen LogP contribution in [-0.4, -0.2) is 72.5 Å². The summed E-state index contributed by atoms with van der Waals surface area (Å²) in [4.78, 5) is 18.4. The van der Waals surface area contributed by atoms with Gasteiger partial charge in [-0.25, -0.2) is 0 Å². The zero-order valence-electron chi connectivity index (χ0n) is 20.5. The fourth-order valence-corrected chi connectivity index (χ4v) is 6.05. The fourth-order valence-electron chi connectivity index (χ4n) is 6.05. The van der Waals surface area contributed by atoms with Gasteiger partial charge >= 0.3 is 0 Å². The molecule has 0 atom stereocenters. The molecule has 2 aromatic carbocycles. The van der Waals surface area contributed by atoms with Gasteiger partial charge in [-0.3, -0.25) is 4.79 Å². The number of phenolic OH excluding ortho intramolecular Hbond substituents is 1. The van der Waals surface area contributed by atoms with E-state index in [4.69, 9.17) is 4.74 Å². The number of phenols is 1. The highest BCUT2D eigenvalue weighted by atomic mass is 16.5. The molecule has 3 aromatic rings. The van der Waals surface area contributed by atoms with E-state index in [1.165, 1.54) is 0 Å². The number of aromatic hydroxyl groups is 1. The average Bonchev–Trinajstić information content (AvgIpc) is 2.87. The van der Waals surface area contributed by atoms with Crippen LogP contribution in [0.25, 0.3) is 11.3 Å². The molecule has 6 rings (SSSR count). The number of carbonyl (C=O) groups excluding carboxylic acids is 1. The monoisotopic (exact) mass is 485 g/mol. The van der Waals surface area contributed by atoms with Crippen LogP contribution in [0.2, 0.25) is 0 Å². The quantitative estimate of drug-likeness (QED) is 0.574. The van der Waals surface area contributed by atoms with Crippen LogP contribution in [0.15, 0.2) is 60.8 Å². The molecular weight excluding hydrogens is 454 g/mol. The summed E-state index contributed by atoms with van der Waals surface area (Å²) in [5, 5.41) is 22.1. The molecule has 0 saturated carbocycles. The minimum absolute atomic E-state index is 0.178. The second-order valence-corrected chi connectivity index (χ2v) is 10.4. The minimum atomic E-state index is -0.622. The Labute approximate surface area is 210 Å². The van der Waals surface area contributed by atoms with E-state index in [0.717, 1.165) is 43.2 Å². The Morgan fingerprint density at radius 3 is 2.47 bits per heavy atom. The molecule has 3 saturated heterocycles. The molecule has 8 nitrogen and oxygen atoms in total. The number of piperidine rings is 1. The van der Waals surface area contributed by atoms with Crippen molar-refractivity contribution in [1.82, 2.24) is 20.4 Å². The third-order valence-corrected chi connectivity index (χ3v) is 8.17. The maximum absolute atomic E-state index is 14.1. The minimum Gasteiger partial charge on any atom is -0.507 e. The first-order valence-electron chi connectivity index (χ1n) is 12.5. The summed E-state index contributed by atoms with van der Waals surface area (Å²) in [6.45, 7) is 5.07. The van der Waals surface area contributed by atoms with Crippen LogP contribution >= 0.6 is 0 Å².